The first-order valence-corrected chi connectivity index (χ1v) is 3.63. The van der Waals surface area contributed by atoms with E-state index < -0.39 is 0 Å². The summed E-state index contributed by atoms with van der Waals surface area (Å²) >= 11 is 0. The van der Waals surface area contributed by atoms with Gasteiger partial charge in [0.15, 0.2) is 0 Å². The van der Waals surface area contributed by atoms with Crippen LogP contribution in [0.15, 0.2) is 16.6 Å². The van der Waals surface area contributed by atoms with Crippen LogP contribution >= 0.6 is 0 Å². The Morgan fingerprint density at radius 2 is 2.44 bits per heavy atom. The molecule has 0 aromatic rings. The third-order valence-corrected chi connectivity index (χ3v) is 1.96. The van der Waals surface area contributed by atoms with Crippen LogP contribution < -0.4 is 0 Å². The van der Waals surface area contributed by atoms with Crippen LogP contribution in [0, 0.1) is 5.92 Å². The summed E-state index contributed by atoms with van der Waals surface area (Å²) in [5.74, 6) is 1.03. The number of rotatable bonds is 2. The van der Waals surface area contributed by atoms with Gasteiger partial charge in [0.1, 0.15) is 0 Å². The second-order valence-electron chi connectivity index (χ2n) is 2.96. The fourth-order valence-electron chi connectivity index (χ4n) is 1.21. The minimum atomic E-state index is 0.983. The number of nitrogens with zero attached hydrogens (tertiary/aromatic N) is 1. The predicted molar refractivity (Wildman–Crippen MR) is 38.8 cm³/mol. The quantitative estimate of drug-likeness (QED) is 0.528. The summed E-state index contributed by atoms with van der Waals surface area (Å²) < 4.78 is 0. The van der Waals surface area contributed by atoms with Gasteiger partial charge < -0.3 is 0 Å². The van der Waals surface area contributed by atoms with Crippen molar-refractivity contribution < 1.29 is 0 Å². The molecule has 48 valence electrons. The summed E-state index contributed by atoms with van der Waals surface area (Å²) in [5, 5.41) is 0. The van der Waals surface area contributed by atoms with Gasteiger partial charge in [0.05, 0.1) is 6.54 Å². The van der Waals surface area contributed by atoms with Crippen molar-refractivity contribution in [2.45, 2.75) is 19.3 Å². The third kappa shape index (κ3) is 1.21. The molecule has 1 aliphatic heterocycles. The molecule has 1 heterocycles. The number of aliphatic imine (C=N–C) groups is 1. The molecule has 0 N–H and O–H groups in total. The summed E-state index contributed by atoms with van der Waals surface area (Å²) in [7, 11) is 0. The molecule has 1 nitrogen and oxygen atoms in total. The average Bonchev–Trinajstić information content (AvgIpc) is 2.46. The number of hydrogen-bond donors (Lipinski definition) is 0. The van der Waals surface area contributed by atoms with Crippen molar-refractivity contribution in [3.63, 3.8) is 0 Å². The molecule has 0 atom stereocenters. The zero-order valence-electron chi connectivity index (χ0n) is 5.51. The molecule has 1 aliphatic carbocycles. The summed E-state index contributed by atoms with van der Waals surface area (Å²) in [4.78, 5) is 4.13. The average molecular weight is 121 g/mol. The van der Waals surface area contributed by atoms with Crippen molar-refractivity contribution in [2.75, 3.05) is 6.54 Å². The lowest BCUT2D eigenvalue weighted by Gasteiger charge is -1.94. The maximum atomic E-state index is 4.13. The van der Waals surface area contributed by atoms with Crippen LogP contribution in [0.1, 0.15) is 19.3 Å². The molecule has 0 spiro atoms. The first-order chi connectivity index (χ1) is 4.45. The van der Waals surface area contributed by atoms with Crippen molar-refractivity contribution in [3.8, 4) is 0 Å². The first-order valence-electron chi connectivity index (χ1n) is 3.63. The van der Waals surface area contributed by atoms with Gasteiger partial charge in [-0.15, -0.1) is 0 Å². The second-order valence-corrected chi connectivity index (χ2v) is 2.96. The van der Waals surface area contributed by atoms with E-state index in [1.165, 1.54) is 24.8 Å². The molecule has 1 heteroatoms. The van der Waals surface area contributed by atoms with E-state index in [1.807, 2.05) is 6.21 Å². The Kier molecular flexibility index (Phi) is 1.15. The van der Waals surface area contributed by atoms with Crippen LogP contribution in [0.5, 0.6) is 0 Å². The van der Waals surface area contributed by atoms with E-state index in [0.29, 0.717) is 0 Å². The van der Waals surface area contributed by atoms with Crippen molar-refractivity contribution in [3.05, 3.63) is 11.6 Å². The Morgan fingerprint density at radius 3 is 3.00 bits per heavy atom. The van der Waals surface area contributed by atoms with Gasteiger partial charge in [0.2, 0.25) is 0 Å². The summed E-state index contributed by atoms with van der Waals surface area (Å²) in [6.45, 7) is 0.983. The smallest absolute Gasteiger partial charge is 0.0603 e. The van der Waals surface area contributed by atoms with E-state index in [9.17, 15) is 0 Å². The SMILES string of the molecule is C1=NCC(CC2CC2)=C1. The van der Waals surface area contributed by atoms with E-state index in [1.54, 1.807) is 0 Å². The number of allylic oxidation sites excluding steroid dienone is 1. The highest BCUT2D eigenvalue weighted by molar-refractivity contribution is 5.75. The highest BCUT2D eigenvalue weighted by Crippen LogP contribution is 2.35. The van der Waals surface area contributed by atoms with Crippen molar-refractivity contribution >= 4 is 6.21 Å². The molecule has 2 rings (SSSR count). The molecule has 0 amide bonds. The highest BCUT2D eigenvalue weighted by Gasteiger charge is 2.22. The van der Waals surface area contributed by atoms with Crippen LogP contribution in [-0.2, 0) is 0 Å². The molecule has 0 aromatic heterocycles. The highest BCUT2D eigenvalue weighted by atomic mass is 14.7. The molecule has 9 heavy (non-hydrogen) atoms. The minimum absolute atomic E-state index is 0.983. The lowest BCUT2D eigenvalue weighted by Crippen LogP contribution is -1.84. The lowest BCUT2D eigenvalue weighted by atomic mass is 10.1. The molecule has 2 aliphatic rings. The zero-order chi connectivity index (χ0) is 6.10. The second kappa shape index (κ2) is 1.98. The topological polar surface area (TPSA) is 12.4 Å². The van der Waals surface area contributed by atoms with E-state index in [4.69, 9.17) is 0 Å². The normalized spacial score (nSPS) is 24.7. The van der Waals surface area contributed by atoms with Crippen LogP contribution in [0.2, 0.25) is 0 Å². The van der Waals surface area contributed by atoms with Gasteiger partial charge in [-0.3, -0.25) is 4.99 Å². The van der Waals surface area contributed by atoms with Crippen molar-refractivity contribution in [1.82, 2.24) is 0 Å². The molecule has 0 bridgehead atoms. The maximum Gasteiger partial charge on any atom is 0.0603 e. The fourth-order valence-corrected chi connectivity index (χ4v) is 1.21. The number of hydrogen-bond acceptors (Lipinski definition) is 1. The Labute approximate surface area is 55.5 Å². The molecular weight excluding hydrogens is 110 g/mol. The molecule has 0 radical (unpaired) electrons. The lowest BCUT2D eigenvalue weighted by molar-refractivity contribution is 0.808. The van der Waals surface area contributed by atoms with Crippen molar-refractivity contribution in [1.29, 1.82) is 0 Å². The monoisotopic (exact) mass is 121 g/mol. The van der Waals surface area contributed by atoms with E-state index in [-0.39, 0.29) is 0 Å². The Hall–Kier alpha value is -0.590. The third-order valence-electron chi connectivity index (χ3n) is 1.96. The molecular formula is C8H11N. The summed E-state index contributed by atoms with van der Waals surface area (Å²) in [6.07, 6.45) is 8.32. The fraction of sp³-hybridized carbons (Fsp3) is 0.625. The molecule has 1 saturated carbocycles. The van der Waals surface area contributed by atoms with E-state index >= 15 is 0 Å². The molecule has 0 unspecified atom stereocenters. The van der Waals surface area contributed by atoms with Gasteiger partial charge in [-0.05, 0) is 36.8 Å². The Balaban J connectivity index is 1.85. The van der Waals surface area contributed by atoms with Crippen LogP contribution in [0.25, 0.3) is 0 Å². The van der Waals surface area contributed by atoms with E-state index in [0.717, 1.165) is 12.5 Å². The predicted octanol–water partition coefficient (Wildman–Crippen LogP) is 1.80. The molecule has 0 saturated heterocycles. The minimum Gasteiger partial charge on any atom is -0.289 e. The summed E-state index contributed by atoms with van der Waals surface area (Å²) in [5.41, 5.74) is 1.54. The van der Waals surface area contributed by atoms with E-state index in [2.05, 4.69) is 11.1 Å². The maximum absolute atomic E-state index is 4.13. The largest absolute Gasteiger partial charge is 0.289 e. The van der Waals surface area contributed by atoms with Gasteiger partial charge in [-0.1, -0.05) is 0 Å². The van der Waals surface area contributed by atoms with Crippen LogP contribution in [-0.4, -0.2) is 12.8 Å². The zero-order valence-corrected chi connectivity index (χ0v) is 5.51. The Bertz CT molecular complexity index is 163. The Morgan fingerprint density at radius 1 is 1.56 bits per heavy atom. The molecule has 1 fully saturated rings. The van der Waals surface area contributed by atoms with Crippen LogP contribution in [0.3, 0.4) is 0 Å². The van der Waals surface area contributed by atoms with Gasteiger partial charge in [-0.2, -0.15) is 0 Å². The van der Waals surface area contributed by atoms with Gasteiger partial charge in [0.25, 0.3) is 0 Å². The first kappa shape index (κ1) is 5.21. The van der Waals surface area contributed by atoms with Crippen molar-refractivity contribution in [2.24, 2.45) is 10.9 Å². The van der Waals surface area contributed by atoms with Gasteiger partial charge in [0, 0.05) is 6.21 Å². The molecule has 0 aromatic carbocycles. The standard InChI is InChI=1S/C8H11N/c1-2-7(1)5-8-3-4-9-6-8/h3-4,7H,1-2,5-6H2. The summed E-state index contributed by atoms with van der Waals surface area (Å²) in [6, 6.07) is 0. The van der Waals surface area contributed by atoms with Gasteiger partial charge in [-0.25, -0.2) is 0 Å². The van der Waals surface area contributed by atoms with Gasteiger partial charge >= 0.3 is 0 Å². The van der Waals surface area contributed by atoms with Crippen LogP contribution in [0.4, 0.5) is 0 Å².